The molecule has 1 N–H and O–H groups in total. The molecule has 2 aromatic carbocycles. The molecular weight excluding hydrogens is 455 g/mol. The summed E-state index contributed by atoms with van der Waals surface area (Å²) in [6.07, 6.45) is 4.45. The Morgan fingerprint density at radius 3 is 2.47 bits per heavy atom. The van der Waals surface area contributed by atoms with Crippen LogP contribution in [-0.4, -0.2) is 48.0 Å². The number of carbonyl (C=O) groups is 1. The van der Waals surface area contributed by atoms with E-state index in [1.807, 2.05) is 48.1 Å². The number of sulfonamides is 1. The molecular formula is C25H29FN4O3S. The van der Waals surface area contributed by atoms with E-state index in [4.69, 9.17) is 0 Å². The van der Waals surface area contributed by atoms with Crippen LogP contribution in [-0.2, 0) is 21.2 Å². The van der Waals surface area contributed by atoms with E-state index < -0.39 is 15.8 Å². The number of halogens is 1. The second-order valence-electron chi connectivity index (χ2n) is 8.52. The van der Waals surface area contributed by atoms with Gasteiger partial charge < -0.3 is 5.32 Å². The van der Waals surface area contributed by atoms with Crippen molar-refractivity contribution in [1.29, 1.82) is 0 Å². The standard InChI is InChI=1S/C25H29FN4O3S/c1-19-21(18-30(28-19)22-9-3-2-4-10-22)8-7-15-27-25(31)20-13-16-29(17-14-20)34(32,33)24-12-6-5-11-23(24)26/h2-6,9-12,18,20H,7-8,13-17H2,1H3,(H,27,31). The van der Waals surface area contributed by atoms with E-state index in [0.29, 0.717) is 19.4 Å². The van der Waals surface area contributed by atoms with Gasteiger partial charge in [0.1, 0.15) is 10.7 Å². The first-order valence-corrected chi connectivity index (χ1v) is 12.9. The predicted octanol–water partition coefficient (Wildman–Crippen LogP) is 3.47. The number of rotatable bonds is 8. The molecule has 1 fully saturated rings. The van der Waals surface area contributed by atoms with Gasteiger partial charge in [-0.05, 0) is 62.4 Å². The van der Waals surface area contributed by atoms with Crippen molar-refractivity contribution in [3.05, 3.63) is 77.9 Å². The molecule has 2 heterocycles. The Bertz CT molecular complexity index is 1240. The molecule has 1 aromatic heterocycles. The van der Waals surface area contributed by atoms with Crippen molar-refractivity contribution >= 4 is 15.9 Å². The molecule has 1 saturated heterocycles. The van der Waals surface area contributed by atoms with E-state index in [1.54, 1.807) is 0 Å². The minimum Gasteiger partial charge on any atom is -0.356 e. The number of aryl methyl sites for hydroxylation is 2. The van der Waals surface area contributed by atoms with Crippen LogP contribution < -0.4 is 5.32 Å². The molecule has 0 aliphatic carbocycles. The van der Waals surface area contributed by atoms with Gasteiger partial charge in [-0.2, -0.15) is 9.40 Å². The molecule has 1 aliphatic rings. The normalized spacial score (nSPS) is 15.4. The maximum absolute atomic E-state index is 14.0. The molecule has 4 rings (SSSR count). The van der Waals surface area contributed by atoms with Gasteiger partial charge in [-0.1, -0.05) is 30.3 Å². The monoisotopic (exact) mass is 484 g/mol. The fourth-order valence-electron chi connectivity index (χ4n) is 4.24. The Morgan fingerprint density at radius 1 is 1.09 bits per heavy atom. The van der Waals surface area contributed by atoms with Crippen LogP contribution in [0.2, 0.25) is 0 Å². The molecule has 0 bridgehead atoms. The molecule has 34 heavy (non-hydrogen) atoms. The fourth-order valence-corrected chi connectivity index (χ4v) is 5.78. The molecule has 0 saturated carbocycles. The summed E-state index contributed by atoms with van der Waals surface area (Å²) < 4.78 is 42.6. The minimum atomic E-state index is -3.90. The second kappa shape index (κ2) is 10.5. The van der Waals surface area contributed by atoms with Crippen molar-refractivity contribution in [2.45, 2.75) is 37.5 Å². The average molecular weight is 485 g/mol. The third-order valence-electron chi connectivity index (χ3n) is 6.22. The highest BCUT2D eigenvalue weighted by Gasteiger charge is 2.33. The van der Waals surface area contributed by atoms with E-state index in [9.17, 15) is 17.6 Å². The number of amides is 1. The Hall–Kier alpha value is -3.04. The highest BCUT2D eigenvalue weighted by atomic mass is 32.2. The van der Waals surface area contributed by atoms with E-state index in [0.717, 1.165) is 35.9 Å². The van der Waals surface area contributed by atoms with Gasteiger partial charge in [0.2, 0.25) is 15.9 Å². The highest BCUT2D eigenvalue weighted by molar-refractivity contribution is 7.89. The van der Waals surface area contributed by atoms with Crippen molar-refractivity contribution in [1.82, 2.24) is 19.4 Å². The zero-order valence-corrected chi connectivity index (χ0v) is 20.0. The molecule has 7 nitrogen and oxygen atoms in total. The summed E-state index contributed by atoms with van der Waals surface area (Å²) in [6, 6.07) is 15.3. The lowest BCUT2D eigenvalue weighted by molar-refractivity contribution is -0.126. The zero-order chi connectivity index (χ0) is 24.1. The smallest absolute Gasteiger partial charge is 0.245 e. The molecule has 0 radical (unpaired) electrons. The number of nitrogens with one attached hydrogen (secondary N) is 1. The highest BCUT2D eigenvalue weighted by Crippen LogP contribution is 2.25. The quantitative estimate of drug-likeness (QED) is 0.496. The first-order chi connectivity index (χ1) is 16.4. The topological polar surface area (TPSA) is 84.3 Å². The molecule has 9 heteroatoms. The van der Waals surface area contributed by atoms with Gasteiger partial charge >= 0.3 is 0 Å². The average Bonchev–Trinajstić information content (AvgIpc) is 3.23. The van der Waals surface area contributed by atoms with E-state index in [2.05, 4.69) is 10.4 Å². The summed E-state index contributed by atoms with van der Waals surface area (Å²) in [7, 11) is -3.90. The van der Waals surface area contributed by atoms with E-state index in [1.165, 1.54) is 22.5 Å². The minimum absolute atomic E-state index is 0.0559. The van der Waals surface area contributed by atoms with Crippen LogP contribution in [0.5, 0.6) is 0 Å². The van der Waals surface area contributed by atoms with E-state index >= 15 is 0 Å². The molecule has 0 unspecified atom stereocenters. The third kappa shape index (κ3) is 5.37. The number of para-hydroxylation sites is 1. The summed E-state index contributed by atoms with van der Waals surface area (Å²) in [6.45, 7) is 2.93. The summed E-state index contributed by atoms with van der Waals surface area (Å²) in [5.41, 5.74) is 3.12. The molecule has 3 aromatic rings. The SMILES string of the molecule is Cc1nn(-c2ccccc2)cc1CCCNC(=O)C1CCN(S(=O)(=O)c2ccccc2F)CC1. The Balaban J connectivity index is 1.23. The summed E-state index contributed by atoms with van der Waals surface area (Å²) in [4.78, 5) is 12.3. The van der Waals surface area contributed by atoms with Crippen LogP contribution >= 0.6 is 0 Å². The van der Waals surface area contributed by atoms with Gasteiger partial charge in [0, 0.05) is 31.7 Å². The number of carbonyl (C=O) groups excluding carboxylic acids is 1. The van der Waals surface area contributed by atoms with Crippen molar-refractivity contribution < 1.29 is 17.6 Å². The zero-order valence-electron chi connectivity index (χ0n) is 19.2. The second-order valence-corrected chi connectivity index (χ2v) is 10.4. The first kappa shape index (κ1) is 24.1. The van der Waals surface area contributed by atoms with Gasteiger partial charge in [-0.15, -0.1) is 0 Å². The number of nitrogens with zero attached hydrogens (tertiary/aromatic N) is 3. The van der Waals surface area contributed by atoms with Crippen molar-refractivity contribution in [3.63, 3.8) is 0 Å². The van der Waals surface area contributed by atoms with Crippen LogP contribution in [0.3, 0.4) is 0 Å². The van der Waals surface area contributed by atoms with Crippen LogP contribution in [0.4, 0.5) is 4.39 Å². The van der Waals surface area contributed by atoms with Crippen molar-refractivity contribution in [2.24, 2.45) is 5.92 Å². The summed E-state index contributed by atoms with van der Waals surface area (Å²) >= 11 is 0. The van der Waals surface area contributed by atoms with Crippen LogP contribution in [0.25, 0.3) is 5.69 Å². The summed E-state index contributed by atoms with van der Waals surface area (Å²) in [5, 5.41) is 7.56. The molecule has 1 amide bonds. The lowest BCUT2D eigenvalue weighted by Gasteiger charge is -2.30. The van der Waals surface area contributed by atoms with Crippen LogP contribution in [0, 0.1) is 18.7 Å². The molecule has 180 valence electrons. The Labute approximate surface area is 199 Å². The first-order valence-electron chi connectivity index (χ1n) is 11.5. The molecule has 0 atom stereocenters. The van der Waals surface area contributed by atoms with Gasteiger partial charge in [0.25, 0.3) is 0 Å². The predicted molar refractivity (Wildman–Crippen MR) is 128 cm³/mol. The van der Waals surface area contributed by atoms with Crippen LogP contribution in [0.1, 0.15) is 30.5 Å². The van der Waals surface area contributed by atoms with Gasteiger partial charge in [-0.25, -0.2) is 17.5 Å². The lowest BCUT2D eigenvalue weighted by atomic mass is 9.97. The number of piperidine rings is 1. The largest absolute Gasteiger partial charge is 0.356 e. The van der Waals surface area contributed by atoms with Gasteiger partial charge in [-0.3, -0.25) is 4.79 Å². The summed E-state index contributed by atoms with van der Waals surface area (Å²) in [5.74, 6) is -1.05. The molecule has 0 spiro atoms. The maximum atomic E-state index is 14.0. The Kier molecular flexibility index (Phi) is 7.43. The third-order valence-corrected chi connectivity index (χ3v) is 8.15. The van der Waals surface area contributed by atoms with Crippen molar-refractivity contribution in [2.75, 3.05) is 19.6 Å². The number of hydrogen-bond donors (Lipinski definition) is 1. The number of hydrogen-bond acceptors (Lipinski definition) is 4. The van der Waals surface area contributed by atoms with Gasteiger partial charge in [0.15, 0.2) is 0 Å². The van der Waals surface area contributed by atoms with Crippen molar-refractivity contribution in [3.8, 4) is 5.69 Å². The number of benzene rings is 2. The Morgan fingerprint density at radius 2 is 1.76 bits per heavy atom. The van der Waals surface area contributed by atoms with Gasteiger partial charge in [0.05, 0.1) is 11.4 Å². The fraction of sp³-hybridized carbons (Fsp3) is 0.360. The molecule has 1 aliphatic heterocycles. The van der Waals surface area contributed by atoms with E-state index in [-0.39, 0.29) is 29.8 Å². The maximum Gasteiger partial charge on any atom is 0.245 e. The number of aromatic nitrogens is 2. The lowest BCUT2D eigenvalue weighted by Crippen LogP contribution is -2.43. The van der Waals surface area contributed by atoms with Crippen LogP contribution in [0.15, 0.2) is 65.7 Å².